The summed E-state index contributed by atoms with van der Waals surface area (Å²) in [5, 5.41) is -1.23. The molecule has 14 heavy (non-hydrogen) atoms. The zero-order valence-corrected chi connectivity index (χ0v) is 8.22. The first-order valence-electron chi connectivity index (χ1n) is 3.97. The number of hydrogen-bond acceptors (Lipinski definition) is 2. The molecule has 0 heterocycles. The zero-order valence-electron chi connectivity index (χ0n) is 7.46. The fourth-order valence-corrected chi connectivity index (χ4v) is 1.33. The van der Waals surface area contributed by atoms with Crippen LogP contribution in [0.15, 0.2) is 24.3 Å². The largest absolute Gasteiger partial charge is 0.291 e. The summed E-state index contributed by atoms with van der Waals surface area (Å²) in [6.07, 6.45) is 0. The molecular formula is C10H8ClFO2. The second kappa shape index (κ2) is 4.33. The molecule has 1 rings (SSSR count). The molecule has 0 aromatic heterocycles. The first-order chi connectivity index (χ1) is 6.54. The lowest BCUT2D eigenvalue weighted by molar-refractivity contribution is -0.135. The summed E-state index contributed by atoms with van der Waals surface area (Å²) in [4.78, 5) is 21.9. The minimum absolute atomic E-state index is 0.0365. The summed E-state index contributed by atoms with van der Waals surface area (Å²) in [5.74, 6) is -2.05. The molecule has 0 fully saturated rings. The summed E-state index contributed by atoms with van der Waals surface area (Å²) in [6, 6.07) is 5.62. The summed E-state index contributed by atoms with van der Waals surface area (Å²) >= 11 is 5.65. The van der Waals surface area contributed by atoms with Gasteiger partial charge in [0.25, 0.3) is 0 Å². The highest BCUT2D eigenvalue weighted by atomic mass is 35.5. The van der Waals surface area contributed by atoms with Crippen LogP contribution in [0.1, 0.15) is 17.9 Å². The van der Waals surface area contributed by atoms with Gasteiger partial charge >= 0.3 is 0 Å². The number of carbonyl (C=O) groups is 2. The Morgan fingerprint density at radius 3 is 2.43 bits per heavy atom. The minimum atomic E-state index is -1.23. The Balaban J connectivity index is 3.01. The summed E-state index contributed by atoms with van der Waals surface area (Å²) in [5.41, 5.74) is 0.0365. The second-order valence-electron chi connectivity index (χ2n) is 2.80. The van der Waals surface area contributed by atoms with Crippen LogP contribution < -0.4 is 0 Å². The van der Waals surface area contributed by atoms with Crippen molar-refractivity contribution in [2.45, 2.75) is 12.3 Å². The van der Waals surface area contributed by atoms with Crippen molar-refractivity contribution in [1.82, 2.24) is 0 Å². The lowest BCUT2D eigenvalue weighted by Crippen LogP contribution is -2.16. The number of rotatable bonds is 3. The molecule has 0 N–H and O–H groups in total. The molecule has 1 aromatic carbocycles. The van der Waals surface area contributed by atoms with E-state index in [1.165, 1.54) is 18.2 Å². The molecule has 1 atom stereocenters. The third-order valence-corrected chi connectivity index (χ3v) is 2.19. The van der Waals surface area contributed by atoms with E-state index < -0.39 is 22.8 Å². The van der Waals surface area contributed by atoms with Gasteiger partial charge in [-0.3, -0.25) is 9.59 Å². The van der Waals surface area contributed by atoms with Gasteiger partial charge in [-0.15, -0.1) is 11.6 Å². The van der Waals surface area contributed by atoms with Crippen molar-refractivity contribution in [3.8, 4) is 0 Å². The maximum atomic E-state index is 13.1. The lowest BCUT2D eigenvalue weighted by Gasteiger charge is -2.06. The van der Waals surface area contributed by atoms with Crippen molar-refractivity contribution in [3.05, 3.63) is 35.6 Å². The summed E-state index contributed by atoms with van der Waals surface area (Å²) in [7, 11) is 0. The highest BCUT2D eigenvalue weighted by Crippen LogP contribution is 2.24. The van der Waals surface area contributed by atoms with Crippen molar-refractivity contribution < 1.29 is 14.0 Å². The van der Waals surface area contributed by atoms with E-state index in [-0.39, 0.29) is 5.56 Å². The molecule has 0 radical (unpaired) electrons. The number of carbonyl (C=O) groups excluding carboxylic acids is 2. The number of Topliss-reactive ketones (excluding diaryl/α,β-unsaturated/α-hetero) is 2. The van der Waals surface area contributed by atoms with Crippen LogP contribution in [0.5, 0.6) is 0 Å². The Bertz CT molecular complexity index is 376. The van der Waals surface area contributed by atoms with Crippen LogP contribution in [0.2, 0.25) is 0 Å². The van der Waals surface area contributed by atoms with Gasteiger partial charge in [0.05, 0.1) is 0 Å². The predicted molar refractivity (Wildman–Crippen MR) is 50.7 cm³/mol. The van der Waals surface area contributed by atoms with Gasteiger partial charge in [0, 0.05) is 12.5 Å². The van der Waals surface area contributed by atoms with Gasteiger partial charge in [-0.05, 0) is 6.07 Å². The van der Waals surface area contributed by atoms with Crippen LogP contribution in [0, 0.1) is 5.82 Å². The molecule has 0 aliphatic carbocycles. The van der Waals surface area contributed by atoms with E-state index in [1.807, 2.05) is 0 Å². The molecule has 0 amide bonds. The summed E-state index contributed by atoms with van der Waals surface area (Å²) < 4.78 is 13.1. The van der Waals surface area contributed by atoms with Crippen LogP contribution in [0.25, 0.3) is 0 Å². The molecular weight excluding hydrogens is 207 g/mol. The van der Waals surface area contributed by atoms with Crippen molar-refractivity contribution >= 4 is 23.2 Å². The smallest absolute Gasteiger partial charge is 0.220 e. The number of halogens is 2. The van der Waals surface area contributed by atoms with Gasteiger partial charge in [0.1, 0.15) is 11.2 Å². The fourth-order valence-electron chi connectivity index (χ4n) is 1.00. The van der Waals surface area contributed by atoms with E-state index in [4.69, 9.17) is 11.6 Å². The molecule has 0 saturated heterocycles. The molecule has 0 bridgehead atoms. The summed E-state index contributed by atoms with van der Waals surface area (Å²) in [6.45, 7) is 1.11. The fraction of sp³-hybridized carbons (Fsp3) is 0.200. The lowest BCUT2D eigenvalue weighted by atomic mass is 10.1. The first-order valence-corrected chi connectivity index (χ1v) is 4.41. The number of ketones is 2. The van der Waals surface area contributed by atoms with Crippen molar-refractivity contribution in [3.63, 3.8) is 0 Å². The van der Waals surface area contributed by atoms with Crippen LogP contribution in [-0.2, 0) is 9.59 Å². The van der Waals surface area contributed by atoms with Crippen molar-refractivity contribution in [2.24, 2.45) is 0 Å². The normalized spacial score (nSPS) is 12.2. The SMILES string of the molecule is CC(=O)C(=O)C(Cl)c1ccccc1F. The number of alkyl halides is 1. The van der Waals surface area contributed by atoms with E-state index in [0.29, 0.717) is 0 Å². The minimum Gasteiger partial charge on any atom is -0.291 e. The molecule has 4 heteroatoms. The van der Waals surface area contributed by atoms with Gasteiger partial charge < -0.3 is 0 Å². The average Bonchev–Trinajstić information content (AvgIpc) is 2.16. The third-order valence-electron chi connectivity index (χ3n) is 1.76. The molecule has 0 aliphatic rings. The van der Waals surface area contributed by atoms with Crippen molar-refractivity contribution in [2.75, 3.05) is 0 Å². The molecule has 1 unspecified atom stereocenters. The molecule has 0 aliphatic heterocycles. The monoisotopic (exact) mass is 214 g/mol. The van der Waals surface area contributed by atoms with Gasteiger partial charge in [-0.1, -0.05) is 18.2 Å². The van der Waals surface area contributed by atoms with Crippen LogP contribution >= 0.6 is 11.6 Å². The maximum absolute atomic E-state index is 13.1. The van der Waals surface area contributed by atoms with Crippen molar-refractivity contribution in [1.29, 1.82) is 0 Å². The van der Waals surface area contributed by atoms with Gasteiger partial charge in [0.2, 0.25) is 5.78 Å². The first kappa shape index (κ1) is 10.9. The quantitative estimate of drug-likeness (QED) is 0.571. The molecule has 0 spiro atoms. The topological polar surface area (TPSA) is 34.1 Å². The molecule has 1 aromatic rings. The number of hydrogen-bond donors (Lipinski definition) is 0. The molecule has 74 valence electrons. The zero-order chi connectivity index (χ0) is 10.7. The Morgan fingerprint density at radius 1 is 1.36 bits per heavy atom. The highest BCUT2D eigenvalue weighted by Gasteiger charge is 2.23. The van der Waals surface area contributed by atoms with E-state index in [1.54, 1.807) is 6.07 Å². The Morgan fingerprint density at radius 2 is 1.93 bits per heavy atom. The van der Waals surface area contributed by atoms with Gasteiger partial charge in [-0.2, -0.15) is 0 Å². The van der Waals surface area contributed by atoms with Crippen LogP contribution in [0.4, 0.5) is 4.39 Å². The van der Waals surface area contributed by atoms with E-state index in [2.05, 4.69) is 0 Å². The van der Waals surface area contributed by atoms with Crippen LogP contribution in [-0.4, -0.2) is 11.6 Å². The standard InChI is InChI=1S/C10H8ClFO2/c1-6(13)10(14)9(11)7-4-2-3-5-8(7)12/h2-5,9H,1H3. The van der Waals surface area contributed by atoms with E-state index in [0.717, 1.165) is 6.92 Å². The Hall–Kier alpha value is -1.22. The maximum Gasteiger partial charge on any atom is 0.220 e. The highest BCUT2D eigenvalue weighted by molar-refractivity contribution is 6.48. The van der Waals surface area contributed by atoms with E-state index in [9.17, 15) is 14.0 Å². The average molecular weight is 215 g/mol. The van der Waals surface area contributed by atoms with Crippen LogP contribution in [0.3, 0.4) is 0 Å². The number of benzene rings is 1. The predicted octanol–water partition coefficient (Wildman–Crippen LogP) is 2.26. The Kier molecular flexibility index (Phi) is 3.36. The van der Waals surface area contributed by atoms with E-state index >= 15 is 0 Å². The molecule has 0 saturated carbocycles. The van der Waals surface area contributed by atoms with Gasteiger partial charge in [0.15, 0.2) is 5.78 Å². The Labute approximate surface area is 85.7 Å². The van der Waals surface area contributed by atoms with Gasteiger partial charge in [-0.25, -0.2) is 4.39 Å². The third kappa shape index (κ3) is 2.17. The second-order valence-corrected chi connectivity index (χ2v) is 3.24. The molecule has 2 nitrogen and oxygen atoms in total.